The molecule has 1 aliphatic heterocycles. The van der Waals surface area contributed by atoms with Crippen LogP contribution in [0, 0.1) is 5.41 Å². The van der Waals surface area contributed by atoms with Crippen molar-refractivity contribution in [3.63, 3.8) is 0 Å². The molecule has 0 atom stereocenters. The summed E-state index contributed by atoms with van der Waals surface area (Å²) in [4.78, 5) is 6.42. The number of nitrogens with two attached hydrogens (primary N) is 1. The summed E-state index contributed by atoms with van der Waals surface area (Å²) in [7, 11) is 0. The van der Waals surface area contributed by atoms with Crippen molar-refractivity contribution in [1.29, 1.82) is 5.41 Å². The van der Waals surface area contributed by atoms with Crippen molar-refractivity contribution in [2.75, 3.05) is 13.2 Å². The van der Waals surface area contributed by atoms with Gasteiger partial charge in [-0.05, 0) is 23.8 Å². The fourth-order valence-electron chi connectivity index (χ4n) is 2.49. The first-order valence-electron chi connectivity index (χ1n) is 6.95. The lowest BCUT2D eigenvalue weighted by Gasteiger charge is -2.19. The van der Waals surface area contributed by atoms with Gasteiger partial charge in [0.15, 0.2) is 0 Å². The summed E-state index contributed by atoms with van der Waals surface area (Å²) in [6, 6.07) is 12.0. The molecule has 5 nitrogen and oxygen atoms in total. The highest BCUT2D eigenvalue weighted by Crippen LogP contribution is 2.23. The smallest absolute Gasteiger partial charge is 0.141 e. The number of benzene rings is 1. The van der Waals surface area contributed by atoms with Crippen LogP contribution in [-0.2, 0) is 13.1 Å². The predicted molar refractivity (Wildman–Crippen MR) is 81.3 cm³/mol. The fourth-order valence-corrected chi connectivity index (χ4v) is 2.49. The van der Waals surface area contributed by atoms with E-state index in [2.05, 4.69) is 16.0 Å². The van der Waals surface area contributed by atoms with Gasteiger partial charge in [0.1, 0.15) is 23.9 Å². The number of aromatic nitrogens is 1. The summed E-state index contributed by atoms with van der Waals surface area (Å²) in [5.41, 5.74) is 8.33. The third-order valence-corrected chi connectivity index (χ3v) is 3.54. The molecule has 0 fully saturated rings. The fraction of sp³-hybridized carbons (Fsp3) is 0.250. The second-order valence-corrected chi connectivity index (χ2v) is 5.13. The molecule has 0 aliphatic carbocycles. The monoisotopic (exact) mass is 282 g/mol. The van der Waals surface area contributed by atoms with Crippen LogP contribution < -0.4 is 10.5 Å². The maximum Gasteiger partial charge on any atom is 0.141 e. The van der Waals surface area contributed by atoms with E-state index < -0.39 is 0 Å². The Hall–Kier alpha value is -2.40. The summed E-state index contributed by atoms with van der Waals surface area (Å²) in [5.74, 6) is 0.973. The van der Waals surface area contributed by atoms with Gasteiger partial charge < -0.3 is 10.5 Å². The number of hydrogen-bond acceptors (Lipinski definition) is 4. The third-order valence-electron chi connectivity index (χ3n) is 3.54. The van der Waals surface area contributed by atoms with Gasteiger partial charge in [-0.3, -0.25) is 15.3 Å². The molecule has 5 heteroatoms. The quantitative estimate of drug-likeness (QED) is 0.664. The zero-order valence-corrected chi connectivity index (χ0v) is 11.7. The average molecular weight is 282 g/mol. The molecule has 0 saturated heterocycles. The topological polar surface area (TPSA) is 75.2 Å². The van der Waals surface area contributed by atoms with E-state index in [9.17, 15) is 0 Å². The maximum absolute atomic E-state index is 7.46. The van der Waals surface area contributed by atoms with Gasteiger partial charge >= 0.3 is 0 Å². The van der Waals surface area contributed by atoms with E-state index >= 15 is 0 Å². The van der Waals surface area contributed by atoms with Gasteiger partial charge in [-0.15, -0.1) is 0 Å². The van der Waals surface area contributed by atoms with Crippen molar-refractivity contribution in [1.82, 2.24) is 9.88 Å². The number of fused-ring (bicyclic) bond motifs is 1. The zero-order chi connectivity index (χ0) is 14.7. The van der Waals surface area contributed by atoms with Crippen molar-refractivity contribution in [2.45, 2.75) is 13.1 Å². The van der Waals surface area contributed by atoms with E-state index in [0.29, 0.717) is 12.3 Å². The van der Waals surface area contributed by atoms with Gasteiger partial charge in [0.2, 0.25) is 0 Å². The number of rotatable bonds is 3. The molecular formula is C16H18N4O. The summed E-state index contributed by atoms with van der Waals surface area (Å²) in [6.07, 6.45) is 1.70. The molecule has 1 aliphatic rings. The minimum absolute atomic E-state index is 0.00129. The van der Waals surface area contributed by atoms with E-state index in [1.165, 1.54) is 5.56 Å². The lowest BCUT2D eigenvalue weighted by Crippen LogP contribution is -2.25. The van der Waals surface area contributed by atoms with Crippen molar-refractivity contribution in [3.8, 4) is 5.75 Å². The Bertz CT molecular complexity index is 656. The van der Waals surface area contributed by atoms with Crippen LogP contribution in [0.25, 0.3) is 0 Å². The minimum Gasteiger partial charge on any atom is -0.492 e. The van der Waals surface area contributed by atoms with E-state index in [1.54, 1.807) is 6.20 Å². The van der Waals surface area contributed by atoms with Gasteiger partial charge in [0, 0.05) is 31.4 Å². The minimum atomic E-state index is 0.00129. The highest BCUT2D eigenvalue weighted by atomic mass is 16.5. The van der Waals surface area contributed by atoms with Crippen molar-refractivity contribution >= 4 is 5.84 Å². The van der Waals surface area contributed by atoms with Crippen LogP contribution in [0.15, 0.2) is 42.6 Å². The predicted octanol–water partition coefficient (Wildman–Crippen LogP) is 1.76. The van der Waals surface area contributed by atoms with Crippen LogP contribution in [0.1, 0.15) is 16.8 Å². The first kappa shape index (κ1) is 13.6. The molecule has 1 aromatic carbocycles. The SMILES string of the molecule is N=C(N)c1cc(CN2CCOc3ccccc3C2)ccn1. The Morgan fingerprint density at radius 3 is 3.05 bits per heavy atom. The molecular weight excluding hydrogens is 264 g/mol. The number of pyridine rings is 1. The number of nitrogens with zero attached hydrogens (tertiary/aromatic N) is 2. The summed E-state index contributed by atoms with van der Waals surface area (Å²) in [5, 5.41) is 7.46. The molecule has 1 aromatic heterocycles. The van der Waals surface area contributed by atoms with Gasteiger partial charge in [-0.2, -0.15) is 0 Å². The average Bonchev–Trinajstić information content (AvgIpc) is 2.69. The molecule has 0 spiro atoms. The van der Waals surface area contributed by atoms with Crippen LogP contribution in [0.4, 0.5) is 0 Å². The number of para-hydroxylation sites is 1. The van der Waals surface area contributed by atoms with E-state index in [1.807, 2.05) is 30.3 Å². The molecule has 21 heavy (non-hydrogen) atoms. The van der Waals surface area contributed by atoms with E-state index in [0.717, 1.165) is 30.9 Å². The summed E-state index contributed by atoms with van der Waals surface area (Å²) in [6.45, 7) is 3.20. The molecule has 0 amide bonds. The summed E-state index contributed by atoms with van der Waals surface area (Å²) < 4.78 is 5.77. The van der Waals surface area contributed by atoms with Crippen molar-refractivity contribution in [2.24, 2.45) is 5.73 Å². The molecule has 0 radical (unpaired) electrons. The highest BCUT2D eigenvalue weighted by Gasteiger charge is 2.15. The van der Waals surface area contributed by atoms with Crippen molar-refractivity contribution in [3.05, 3.63) is 59.4 Å². The van der Waals surface area contributed by atoms with Crippen molar-refractivity contribution < 1.29 is 4.74 Å². The number of nitrogens with one attached hydrogen (secondary N) is 1. The molecule has 3 N–H and O–H groups in total. The number of amidine groups is 1. The molecule has 0 saturated carbocycles. The third kappa shape index (κ3) is 3.20. The molecule has 2 heterocycles. The lowest BCUT2D eigenvalue weighted by molar-refractivity contribution is 0.219. The van der Waals surface area contributed by atoms with Crippen LogP contribution in [-0.4, -0.2) is 28.9 Å². The summed E-state index contributed by atoms with van der Waals surface area (Å²) >= 11 is 0. The Labute approximate surface area is 123 Å². The molecule has 0 bridgehead atoms. The Morgan fingerprint density at radius 2 is 2.19 bits per heavy atom. The second-order valence-electron chi connectivity index (χ2n) is 5.13. The molecule has 0 unspecified atom stereocenters. The largest absolute Gasteiger partial charge is 0.492 e. The first-order chi connectivity index (χ1) is 10.2. The maximum atomic E-state index is 7.46. The van der Waals surface area contributed by atoms with E-state index in [-0.39, 0.29) is 5.84 Å². The lowest BCUT2D eigenvalue weighted by atomic mass is 10.1. The normalized spacial score (nSPS) is 14.9. The molecule has 108 valence electrons. The highest BCUT2D eigenvalue weighted by molar-refractivity contribution is 5.93. The van der Waals surface area contributed by atoms with Gasteiger partial charge in [-0.1, -0.05) is 18.2 Å². The molecule has 3 rings (SSSR count). The Kier molecular flexibility index (Phi) is 3.83. The number of ether oxygens (including phenoxy) is 1. The number of nitrogen functional groups attached to an aromatic ring is 1. The number of hydrogen-bond donors (Lipinski definition) is 2. The molecule has 2 aromatic rings. The van der Waals surface area contributed by atoms with Gasteiger partial charge in [0.25, 0.3) is 0 Å². The Balaban J connectivity index is 1.76. The van der Waals surface area contributed by atoms with Crippen LogP contribution in [0.2, 0.25) is 0 Å². The second kappa shape index (κ2) is 5.93. The van der Waals surface area contributed by atoms with Gasteiger partial charge in [-0.25, -0.2) is 0 Å². The van der Waals surface area contributed by atoms with E-state index in [4.69, 9.17) is 15.9 Å². The first-order valence-corrected chi connectivity index (χ1v) is 6.95. The van der Waals surface area contributed by atoms with Crippen LogP contribution >= 0.6 is 0 Å². The zero-order valence-electron chi connectivity index (χ0n) is 11.7. The standard InChI is InChI=1S/C16H18N4O/c17-16(18)14-9-12(5-6-19-14)10-20-7-8-21-15-4-2-1-3-13(15)11-20/h1-6,9H,7-8,10-11H2,(H3,17,18). The van der Waals surface area contributed by atoms with Crippen LogP contribution in [0.5, 0.6) is 5.75 Å². The van der Waals surface area contributed by atoms with Crippen LogP contribution in [0.3, 0.4) is 0 Å². The Morgan fingerprint density at radius 1 is 1.33 bits per heavy atom. The van der Waals surface area contributed by atoms with Gasteiger partial charge in [0.05, 0.1) is 0 Å².